The predicted molar refractivity (Wildman–Crippen MR) is 119 cm³/mol. The highest BCUT2D eigenvalue weighted by Crippen LogP contribution is 2.32. The summed E-state index contributed by atoms with van der Waals surface area (Å²) in [6.45, 7) is 5.81. The maximum atomic E-state index is 12.7. The fourth-order valence-corrected chi connectivity index (χ4v) is 4.73. The van der Waals surface area contributed by atoms with Crippen molar-refractivity contribution in [1.82, 2.24) is 10.2 Å². The summed E-state index contributed by atoms with van der Waals surface area (Å²) in [5.41, 5.74) is 4.74. The number of carbonyl (C=O) groups excluding carboxylic acids is 1. The number of carbonyl (C=O) groups is 1. The van der Waals surface area contributed by atoms with Gasteiger partial charge in [0.2, 0.25) is 5.13 Å². The van der Waals surface area contributed by atoms with Crippen LogP contribution in [-0.2, 0) is 5.75 Å². The van der Waals surface area contributed by atoms with Crippen LogP contribution in [0.2, 0.25) is 5.02 Å². The number of thioether (sulfide) groups is 1. The Morgan fingerprint density at radius 3 is 2.69 bits per heavy atom. The Bertz CT molecular complexity index is 1200. The highest BCUT2D eigenvalue weighted by Gasteiger charge is 2.20. The Balaban J connectivity index is 1.46. The summed E-state index contributed by atoms with van der Waals surface area (Å²) in [4.78, 5) is 12.7. The van der Waals surface area contributed by atoms with E-state index in [1.165, 1.54) is 22.5 Å². The minimum atomic E-state index is -0.348. The molecule has 0 spiro atoms. The molecule has 2 heterocycles. The van der Waals surface area contributed by atoms with Gasteiger partial charge in [0.15, 0.2) is 10.1 Å². The molecule has 4 rings (SSSR count). The molecule has 4 aromatic rings. The number of halogens is 1. The minimum absolute atomic E-state index is 0.255. The maximum absolute atomic E-state index is 12.7. The van der Waals surface area contributed by atoms with E-state index in [2.05, 4.69) is 46.7 Å². The molecule has 0 saturated heterocycles. The van der Waals surface area contributed by atoms with Crippen molar-refractivity contribution in [3.8, 4) is 0 Å². The van der Waals surface area contributed by atoms with E-state index in [0.717, 1.165) is 26.6 Å². The number of hydrogen-bond donors (Lipinski definition) is 1. The van der Waals surface area contributed by atoms with Crippen molar-refractivity contribution in [2.75, 3.05) is 5.32 Å². The molecule has 2 aromatic heterocycles. The summed E-state index contributed by atoms with van der Waals surface area (Å²) in [5, 5.41) is 12.9. The fraction of sp³-hybridized carbons (Fsp3) is 0.190. The third-order valence-electron chi connectivity index (χ3n) is 4.53. The van der Waals surface area contributed by atoms with Crippen LogP contribution in [0.1, 0.15) is 32.8 Å². The number of hydrogen-bond acceptors (Lipinski definition) is 6. The van der Waals surface area contributed by atoms with Gasteiger partial charge in [-0.15, -0.1) is 10.2 Å². The molecule has 29 heavy (non-hydrogen) atoms. The van der Waals surface area contributed by atoms with Crippen LogP contribution in [0.3, 0.4) is 0 Å². The Hall–Kier alpha value is -2.35. The van der Waals surface area contributed by atoms with Crippen LogP contribution in [0.5, 0.6) is 0 Å². The lowest BCUT2D eigenvalue weighted by Gasteiger charge is -1.99. The monoisotopic (exact) mass is 443 g/mol. The summed E-state index contributed by atoms with van der Waals surface area (Å²) in [6, 6.07) is 12.0. The van der Waals surface area contributed by atoms with E-state index in [0.29, 0.717) is 15.7 Å². The first-order valence-corrected chi connectivity index (χ1v) is 11.1. The van der Waals surface area contributed by atoms with E-state index in [-0.39, 0.29) is 11.7 Å². The first-order chi connectivity index (χ1) is 13.9. The zero-order valence-corrected chi connectivity index (χ0v) is 18.5. The molecule has 5 nitrogen and oxygen atoms in total. The van der Waals surface area contributed by atoms with Gasteiger partial charge in [0.1, 0.15) is 5.58 Å². The lowest BCUT2D eigenvalue weighted by molar-refractivity contribution is 0.0998. The standard InChI is InChI=1S/C21H18ClN3O2S2/c1-11-4-6-14(7-5-11)10-28-21-25-24-20(29-21)23-19(26)18-13(3)15-9-16(22)12(2)8-17(15)27-18/h4-9H,10H2,1-3H3,(H,23,24,26). The second-order valence-electron chi connectivity index (χ2n) is 6.76. The normalized spacial score (nSPS) is 11.2. The molecule has 0 bridgehead atoms. The molecule has 0 atom stereocenters. The van der Waals surface area contributed by atoms with Gasteiger partial charge in [-0.3, -0.25) is 10.1 Å². The Kier molecular flexibility index (Phi) is 5.63. The second kappa shape index (κ2) is 8.18. The summed E-state index contributed by atoms with van der Waals surface area (Å²) in [6.07, 6.45) is 0. The average molecular weight is 444 g/mol. The number of nitrogens with one attached hydrogen (secondary N) is 1. The van der Waals surface area contributed by atoms with Crippen molar-refractivity contribution in [1.29, 1.82) is 0 Å². The average Bonchev–Trinajstić information content (AvgIpc) is 3.26. The lowest BCUT2D eigenvalue weighted by atomic mass is 10.1. The van der Waals surface area contributed by atoms with Crippen LogP contribution in [0.25, 0.3) is 11.0 Å². The van der Waals surface area contributed by atoms with Crippen LogP contribution >= 0.6 is 34.7 Å². The zero-order chi connectivity index (χ0) is 20.5. The minimum Gasteiger partial charge on any atom is -0.451 e. The number of amides is 1. The van der Waals surface area contributed by atoms with Gasteiger partial charge in [0.05, 0.1) is 0 Å². The number of anilines is 1. The molecular formula is C21H18ClN3O2S2. The van der Waals surface area contributed by atoms with Gasteiger partial charge in [-0.05, 0) is 44.0 Å². The van der Waals surface area contributed by atoms with Crippen LogP contribution in [0.4, 0.5) is 5.13 Å². The molecule has 2 aromatic carbocycles. The first kappa shape index (κ1) is 19.9. The number of fused-ring (bicyclic) bond motifs is 1. The Morgan fingerprint density at radius 2 is 1.93 bits per heavy atom. The fourth-order valence-electron chi connectivity index (χ4n) is 2.86. The van der Waals surface area contributed by atoms with E-state index in [1.54, 1.807) is 11.8 Å². The number of aromatic nitrogens is 2. The summed E-state index contributed by atoms with van der Waals surface area (Å²) >= 11 is 9.13. The Morgan fingerprint density at radius 1 is 1.17 bits per heavy atom. The molecule has 1 amide bonds. The summed E-state index contributed by atoms with van der Waals surface area (Å²) in [7, 11) is 0. The number of furan rings is 1. The van der Waals surface area contributed by atoms with Crippen molar-refractivity contribution >= 4 is 56.7 Å². The number of aryl methyl sites for hydroxylation is 3. The van der Waals surface area contributed by atoms with Crippen molar-refractivity contribution < 1.29 is 9.21 Å². The van der Waals surface area contributed by atoms with E-state index in [1.807, 2.05) is 26.0 Å². The van der Waals surface area contributed by atoms with Crippen molar-refractivity contribution in [2.45, 2.75) is 30.9 Å². The number of benzene rings is 2. The quantitative estimate of drug-likeness (QED) is 0.285. The molecule has 148 valence electrons. The molecule has 1 N–H and O–H groups in total. The number of nitrogens with zero attached hydrogens (tertiary/aromatic N) is 2. The first-order valence-electron chi connectivity index (χ1n) is 8.93. The van der Waals surface area contributed by atoms with Gasteiger partial charge in [0.25, 0.3) is 5.91 Å². The van der Waals surface area contributed by atoms with Gasteiger partial charge in [-0.2, -0.15) is 0 Å². The number of rotatable bonds is 5. The molecule has 0 aliphatic carbocycles. The SMILES string of the molecule is Cc1ccc(CSc2nnc(NC(=O)c3oc4cc(C)c(Cl)cc4c3C)s2)cc1. The molecule has 0 aliphatic rings. The van der Waals surface area contributed by atoms with Crippen LogP contribution in [-0.4, -0.2) is 16.1 Å². The maximum Gasteiger partial charge on any atom is 0.293 e. The third-order valence-corrected chi connectivity index (χ3v) is 6.98. The van der Waals surface area contributed by atoms with E-state index in [9.17, 15) is 4.79 Å². The van der Waals surface area contributed by atoms with Crippen LogP contribution < -0.4 is 5.32 Å². The third kappa shape index (κ3) is 4.32. The topological polar surface area (TPSA) is 68.0 Å². The van der Waals surface area contributed by atoms with Crippen molar-refractivity contribution in [3.05, 3.63) is 69.4 Å². The summed E-state index contributed by atoms with van der Waals surface area (Å²) in [5.74, 6) is 0.704. The van der Waals surface area contributed by atoms with E-state index >= 15 is 0 Å². The highest BCUT2D eigenvalue weighted by molar-refractivity contribution is 8.00. The van der Waals surface area contributed by atoms with E-state index in [4.69, 9.17) is 16.0 Å². The molecule has 0 fully saturated rings. The van der Waals surface area contributed by atoms with E-state index < -0.39 is 0 Å². The molecule has 8 heteroatoms. The molecule has 0 aliphatic heterocycles. The van der Waals surface area contributed by atoms with Crippen LogP contribution in [0.15, 0.2) is 45.2 Å². The second-order valence-corrected chi connectivity index (χ2v) is 9.36. The Labute approximate surface area is 181 Å². The predicted octanol–water partition coefficient (Wildman–Crippen LogP) is 6.41. The van der Waals surface area contributed by atoms with Gasteiger partial charge in [0, 0.05) is 21.7 Å². The van der Waals surface area contributed by atoms with Crippen LogP contribution in [0, 0.1) is 20.8 Å². The van der Waals surface area contributed by atoms with Gasteiger partial charge < -0.3 is 4.42 Å². The van der Waals surface area contributed by atoms with Gasteiger partial charge >= 0.3 is 0 Å². The summed E-state index contributed by atoms with van der Waals surface area (Å²) < 4.78 is 6.57. The van der Waals surface area contributed by atoms with Gasteiger partial charge in [-0.25, -0.2) is 0 Å². The van der Waals surface area contributed by atoms with Crippen molar-refractivity contribution in [3.63, 3.8) is 0 Å². The molecule has 0 radical (unpaired) electrons. The molecular weight excluding hydrogens is 426 g/mol. The van der Waals surface area contributed by atoms with Gasteiger partial charge in [-0.1, -0.05) is 64.5 Å². The largest absolute Gasteiger partial charge is 0.451 e. The molecule has 0 unspecified atom stereocenters. The molecule has 0 saturated carbocycles. The smallest absolute Gasteiger partial charge is 0.293 e. The van der Waals surface area contributed by atoms with Crippen molar-refractivity contribution in [2.24, 2.45) is 0 Å². The zero-order valence-electron chi connectivity index (χ0n) is 16.1. The highest BCUT2D eigenvalue weighted by atomic mass is 35.5. The lowest BCUT2D eigenvalue weighted by Crippen LogP contribution is -2.11.